The van der Waals surface area contributed by atoms with E-state index >= 15 is 0 Å². The first-order chi connectivity index (χ1) is 7.38. The van der Waals surface area contributed by atoms with Crippen molar-refractivity contribution in [2.45, 2.75) is 44.8 Å². The molecule has 15 heavy (non-hydrogen) atoms. The van der Waals surface area contributed by atoms with Gasteiger partial charge in [-0.1, -0.05) is 6.92 Å². The van der Waals surface area contributed by atoms with Crippen LogP contribution in [0.2, 0.25) is 0 Å². The lowest BCUT2D eigenvalue weighted by atomic mass is 10.2. The van der Waals surface area contributed by atoms with E-state index in [9.17, 15) is 0 Å². The molecule has 0 radical (unpaired) electrons. The molecule has 88 valence electrons. The Bertz CT molecular complexity index is 156. The van der Waals surface area contributed by atoms with Crippen molar-refractivity contribution in [3.05, 3.63) is 0 Å². The summed E-state index contributed by atoms with van der Waals surface area (Å²) in [7, 11) is 0. The fourth-order valence-electron chi connectivity index (χ4n) is 2.63. The third kappa shape index (κ3) is 3.44. The standard InChI is InChI=1S/C12H24N2O/c1-2-14(9-11-5-3-7-13-11)10-12-6-4-8-15-12/h11-13H,2-10H2,1H3. The molecular formula is C12H24N2O. The van der Waals surface area contributed by atoms with Crippen molar-refractivity contribution in [2.75, 3.05) is 32.8 Å². The van der Waals surface area contributed by atoms with Crippen LogP contribution < -0.4 is 5.32 Å². The third-order valence-electron chi connectivity index (χ3n) is 3.57. The highest BCUT2D eigenvalue weighted by molar-refractivity contribution is 4.79. The first-order valence-corrected chi connectivity index (χ1v) is 6.46. The summed E-state index contributed by atoms with van der Waals surface area (Å²) in [5.41, 5.74) is 0. The van der Waals surface area contributed by atoms with E-state index in [4.69, 9.17) is 4.74 Å². The Kier molecular flexibility index (Phi) is 4.42. The number of hydrogen-bond donors (Lipinski definition) is 1. The molecule has 0 saturated carbocycles. The lowest BCUT2D eigenvalue weighted by Crippen LogP contribution is -2.41. The maximum atomic E-state index is 5.69. The molecule has 2 atom stereocenters. The van der Waals surface area contributed by atoms with Crippen LogP contribution in [-0.4, -0.2) is 49.8 Å². The van der Waals surface area contributed by atoms with Crippen molar-refractivity contribution >= 4 is 0 Å². The van der Waals surface area contributed by atoms with Crippen LogP contribution in [-0.2, 0) is 4.74 Å². The Labute approximate surface area is 93.2 Å². The molecule has 3 heteroatoms. The van der Waals surface area contributed by atoms with Gasteiger partial charge in [0.15, 0.2) is 0 Å². The van der Waals surface area contributed by atoms with Crippen molar-refractivity contribution in [3.8, 4) is 0 Å². The predicted molar refractivity (Wildman–Crippen MR) is 62.1 cm³/mol. The van der Waals surface area contributed by atoms with Gasteiger partial charge in [0, 0.05) is 25.7 Å². The summed E-state index contributed by atoms with van der Waals surface area (Å²) >= 11 is 0. The summed E-state index contributed by atoms with van der Waals surface area (Å²) < 4.78 is 5.69. The molecule has 3 nitrogen and oxygen atoms in total. The molecule has 2 aliphatic rings. The van der Waals surface area contributed by atoms with Crippen molar-refractivity contribution in [2.24, 2.45) is 0 Å². The van der Waals surface area contributed by atoms with Crippen molar-refractivity contribution in [1.29, 1.82) is 0 Å². The molecule has 0 spiro atoms. The quantitative estimate of drug-likeness (QED) is 0.742. The van der Waals surface area contributed by atoms with Gasteiger partial charge in [-0.05, 0) is 38.8 Å². The lowest BCUT2D eigenvalue weighted by molar-refractivity contribution is 0.0722. The van der Waals surface area contributed by atoms with E-state index < -0.39 is 0 Å². The third-order valence-corrected chi connectivity index (χ3v) is 3.57. The van der Waals surface area contributed by atoms with E-state index in [-0.39, 0.29) is 0 Å². The molecule has 0 aromatic heterocycles. The average Bonchev–Trinajstić information content (AvgIpc) is 2.89. The highest BCUT2D eigenvalue weighted by Gasteiger charge is 2.21. The van der Waals surface area contributed by atoms with Gasteiger partial charge in [-0.2, -0.15) is 0 Å². The Morgan fingerprint density at radius 2 is 2.20 bits per heavy atom. The number of rotatable bonds is 5. The van der Waals surface area contributed by atoms with Gasteiger partial charge in [-0.25, -0.2) is 0 Å². The second kappa shape index (κ2) is 5.83. The largest absolute Gasteiger partial charge is 0.377 e. The second-order valence-corrected chi connectivity index (χ2v) is 4.78. The Balaban J connectivity index is 1.70. The summed E-state index contributed by atoms with van der Waals surface area (Å²) in [6.07, 6.45) is 5.72. The summed E-state index contributed by atoms with van der Waals surface area (Å²) in [6, 6.07) is 0.728. The Morgan fingerprint density at radius 3 is 2.80 bits per heavy atom. The highest BCUT2D eigenvalue weighted by atomic mass is 16.5. The van der Waals surface area contributed by atoms with E-state index in [0.29, 0.717) is 6.10 Å². The van der Waals surface area contributed by atoms with E-state index in [1.54, 1.807) is 0 Å². The molecular weight excluding hydrogens is 188 g/mol. The van der Waals surface area contributed by atoms with Crippen LogP contribution in [0.25, 0.3) is 0 Å². The zero-order valence-electron chi connectivity index (χ0n) is 9.87. The fraction of sp³-hybridized carbons (Fsp3) is 1.00. The molecule has 2 unspecified atom stereocenters. The smallest absolute Gasteiger partial charge is 0.0702 e. The van der Waals surface area contributed by atoms with Gasteiger partial charge < -0.3 is 10.1 Å². The van der Waals surface area contributed by atoms with E-state index in [0.717, 1.165) is 25.7 Å². The van der Waals surface area contributed by atoms with E-state index in [1.807, 2.05) is 0 Å². The zero-order valence-corrected chi connectivity index (χ0v) is 9.87. The number of likely N-dealkylation sites (N-methyl/N-ethyl adjacent to an activating group) is 1. The van der Waals surface area contributed by atoms with Crippen LogP contribution >= 0.6 is 0 Å². The maximum Gasteiger partial charge on any atom is 0.0702 e. The molecule has 2 heterocycles. The van der Waals surface area contributed by atoms with Crippen LogP contribution in [0.1, 0.15) is 32.6 Å². The molecule has 0 aromatic carbocycles. The molecule has 1 N–H and O–H groups in total. The van der Waals surface area contributed by atoms with Crippen LogP contribution in [0, 0.1) is 0 Å². The SMILES string of the molecule is CCN(CC1CCCN1)CC1CCCO1. The van der Waals surface area contributed by atoms with Crippen LogP contribution in [0.5, 0.6) is 0 Å². The molecule has 0 aromatic rings. The van der Waals surface area contributed by atoms with Gasteiger partial charge in [-0.15, -0.1) is 0 Å². The van der Waals surface area contributed by atoms with Gasteiger partial charge in [0.25, 0.3) is 0 Å². The molecule has 2 aliphatic heterocycles. The van der Waals surface area contributed by atoms with Crippen molar-refractivity contribution in [3.63, 3.8) is 0 Å². The minimum atomic E-state index is 0.506. The molecule has 0 aliphatic carbocycles. The van der Waals surface area contributed by atoms with Crippen molar-refractivity contribution in [1.82, 2.24) is 10.2 Å². The topological polar surface area (TPSA) is 24.5 Å². The molecule has 2 fully saturated rings. The summed E-state index contributed by atoms with van der Waals surface area (Å²) in [5.74, 6) is 0. The summed E-state index contributed by atoms with van der Waals surface area (Å²) in [6.45, 7) is 7.93. The zero-order chi connectivity index (χ0) is 10.5. The normalized spacial score (nSPS) is 31.6. The number of nitrogens with zero attached hydrogens (tertiary/aromatic N) is 1. The molecule has 2 rings (SSSR count). The Hall–Kier alpha value is -0.120. The number of nitrogens with one attached hydrogen (secondary N) is 1. The molecule has 0 amide bonds. The second-order valence-electron chi connectivity index (χ2n) is 4.78. The minimum absolute atomic E-state index is 0.506. The monoisotopic (exact) mass is 212 g/mol. The number of ether oxygens (including phenoxy) is 1. The van der Waals surface area contributed by atoms with Crippen LogP contribution in [0.3, 0.4) is 0 Å². The first kappa shape index (κ1) is 11.4. The fourth-order valence-corrected chi connectivity index (χ4v) is 2.63. The van der Waals surface area contributed by atoms with Gasteiger partial charge in [0.05, 0.1) is 6.10 Å². The van der Waals surface area contributed by atoms with Crippen LogP contribution in [0.15, 0.2) is 0 Å². The minimum Gasteiger partial charge on any atom is -0.377 e. The van der Waals surface area contributed by atoms with Gasteiger partial charge >= 0.3 is 0 Å². The summed E-state index contributed by atoms with van der Waals surface area (Å²) in [4.78, 5) is 2.54. The molecule has 0 bridgehead atoms. The van der Waals surface area contributed by atoms with Gasteiger partial charge in [0.1, 0.15) is 0 Å². The van der Waals surface area contributed by atoms with E-state index in [1.165, 1.54) is 38.8 Å². The lowest BCUT2D eigenvalue weighted by Gasteiger charge is -2.26. The van der Waals surface area contributed by atoms with Gasteiger partial charge in [0.2, 0.25) is 0 Å². The van der Waals surface area contributed by atoms with E-state index in [2.05, 4.69) is 17.1 Å². The van der Waals surface area contributed by atoms with Crippen LogP contribution in [0.4, 0.5) is 0 Å². The predicted octanol–water partition coefficient (Wildman–Crippen LogP) is 1.24. The maximum absolute atomic E-state index is 5.69. The Morgan fingerprint density at radius 1 is 1.27 bits per heavy atom. The highest BCUT2D eigenvalue weighted by Crippen LogP contribution is 2.14. The summed E-state index contributed by atoms with van der Waals surface area (Å²) in [5, 5.41) is 3.56. The van der Waals surface area contributed by atoms with Gasteiger partial charge in [-0.3, -0.25) is 4.90 Å². The number of hydrogen-bond acceptors (Lipinski definition) is 3. The molecule has 2 saturated heterocycles. The average molecular weight is 212 g/mol. The first-order valence-electron chi connectivity index (χ1n) is 6.46. The van der Waals surface area contributed by atoms with Crippen molar-refractivity contribution < 1.29 is 4.74 Å².